The Balaban J connectivity index is 1.73. The second-order valence-corrected chi connectivity index (χ2v) is 10.4. The molecule has 156 valence electrons. The molecule has 2 aliphatic rings. The van der Waals surface area contributed by atoms with E-state index in [1.54, 1.807) is 4.90 Å². The van der Waals surface area contributed by atoms with E-state index in [0.717, 1.165) is 15.5 Å². The molecule has 2 aliphatic heterocycles. The molecule has 2 saturated heterocycles. The number of carbonyl (C=O) groups is 1. The van der Waals surface area contributed by atoms with Crippen molar-refractivity contribution in [3.63, 3.8) is 0 Å². The minimum absolute atomic E-state index is 0.277. The summed E-state index contributed by atoms with van der Waals surface area (Å²) in [5.74, 6) is 0. The van der Waals surface area contributed by atoms with Crippen molar-refractivity contribution in [3.05, 3.63) is 10.7 Å². The number of nitrogens with zero attached hydrogens (tertiary/aromatic N) is 2. The predicted octanol–water partition coefficient (Wildman–Crippen LogP) is 3.06. The van der Waals surface area contributed by atoms with Crippen LogP contribution < -0.4 is 4.78 Å². The van der Waals surface area contributed by atoms with Crippen LogP contribution in [-0.2, 0) is 18.8 Å². The molecule has 1 unspecified atom stereocenters. The van der Waals surface area contributed by atoms with Crippen LogP contribution >= 0.6 is 11.3 Å². The SMILES string of the molecule is Cc1nc(C2CN(C(=O)OC(C)(C)C)CCO2)sc1B1OC(C)(C)C(C)(C)O1. The van der Waals surface area contributed by atoms with Gasteiger partial charge in [-0.3, -0.25) is 0 Å². The fourth-order valence-corrected chi connectivity index (χ4v) is 4.09. The van der Waals surface area contributed by atoms with Crippen LogP contribution in [0.4, 0.5) is 4.79 Å². The molecule has 1 aromatic rings. The van der Waals surface area contributed by atoms with Gasteiger partial charge in [-0.1, -0.05) is 0 Å². The van der Waals surface area contributed by atoms with Crippen LogP contribution in [0, 0.1) is 6.92 Å². The maximum absolute atomic E-state index is 12.4. The normalized spacial score (nSPS) is 24.5. The minimum Gasteiger partial charge on any atom is -0.444 e. The van der Waals surface area contributed by atoms with Crippen LogP contribution in [0.5, 0.6) is 0 Å². The van der Waals surface area contributed by atoms with E-state index >= 15 is 0 Å². The number of amides is 1. The van der Waals surface area contributed by atoms with Gasteiger partial charge in [0, 0.05) is 12.2 Å². The van der Waals surface area contributed by atoms with Crippen molar-refractivity contribution in [2.45, 2.75) is 78.3 Å². The van der Waals surface area contributed by atoms with Gasteiger partial charge in [0.05, 0.1) is 29.1 Å². The standard InChI is InChI=1S/C19H31BN2O5S/c1-12-14(20-26-18(5,6)19(7,8)27-20)28-15(21-12)13-11-22(9-10-24-13)16(23)25-17(2,3)4/h13H,9-11H2,1-8H3. The molecule has 7 nitrogen and oxygen atoms in total. The fraction of sp³-hybridized carbons (Fsp3) is 0.789. The summed E-state index contributed by atoms with van der Waals surface area (Å²) in [4.78, 5) is 18.8. The Morgan fingerprint density at radius 2 is 1.86 bits per heavy atom. The molecule has 0 saturated carbocycles. The van der Waals surface area contributed by atoms with Crippen molar-refractivity contribution >= 4 is 29.3 Å². The Bertz CT molecular complexity index is 727. The predicted molar refractivity (Wildman–Crippen MR) is 109 cm³/mol. The molecule has 0 radical (unpaired) electrons. The Hall–Kier alpha value is -1.16. The number of hydrogen-bond donors (Lipinski definition) is 0. The smallest absolute Gasteiger partial charge is 0.444 e. The van der Waals surface area contributed by atoms with Crippen LogP contribution in [0.2, 0.25) is 0 Å². The monoisotopic (exact) mass is 410 g/mol. The van der Waals surface area contributed by atoms with Crippen molar-refractivity contribution < 1.29 is 23.6 Å². The second kappa shape index (κ2) is 7.27. The van der Waals surface area contributed by atoms with Gasteiger partial charge in [0.15, 0.2) is 0 Å². The van der Waals surface area contributed by atoms with E-state index in [2.05, 4.69) is 0 Å². The van der Waals surface area contributed by atoms with E-state index < -0.39 is 23.9 Å². The van der Waals surface area contributed by atoms with Gasteiger partial charge < -0.3 is 23.7 Å². The van der Waals surface area contributed by atoms with E-state index in [-0.39, 0.29) is 12.2 Å². The van der Waals surface area contributed by atoms with Gasteiger partial charge >= 0.3 is 13.2 Å². The van der Waals surface area contributed by atoms with Crippen molar-refractivity contribution in [1.29, 1.82) is 0 Å². The lowest BCUT2D eigenvalue weighted by Crippen LogP contribution is -2.44. The molecule has 1 amide bonds. The molecule has 1 aromatic heterocycles. The maximum Gasteiger partial charge on any atom is 0.507 e. The molecule has 28 heavy (non-hydrogen) atoms. The van der Waals surface area contributed by atoms with Gasteiger partial charge in [-0.15, -0.1) is 11.3 Å². The highest BCUT2D eigenvalue weighted by Gasteiger charge is 2.53. The van der Waals surface area contributed by atoms with Crippen LogP contribution in [-0.4, -0.2) is 59.6 Å². The van der Waals surface area contributed by atoms with E-state index in [9.17, 15) is 4.79 Å². The minimum atomic E-state index is -0.521. The van der Waals surface area contributed by atoms with Gasteiger partial charge in [-0.05, 0) is 55.4 Å². The number of aromatic nitrogens is 1. The number of carbonyl (C=O) groups excluding carboxylic acids is 1. The van der Waals surface area contributed by atoms with E-state index in [1.807, 2.05) is 55.4 Å². The lowest BCUT2D eigenvalue weighted by atomic mass is 9.86. The Kier molecular flexibility index (Phi) is 5.60. The third-order valence-corrected chi connectivity index (χ3v) is 6.58. The highest BCUT2D eigenvalue weighted by molar-refractivity contribution is 7.22. The molecule has 9 heteroatoms. The molecule has 0 bridgehead atoms. The summed E-state index contributed by atoms with van der Waals surface area (Å²) in [6.45, 7) is 17.1. The lowest BCUT2D eigenvalue weighted by Gasteiger charge is -2.33. The number of ether oxygens (including phenoxy) is 2. The zero-order chi connectivity index (χ0) is 20.9. The summed E-state index contributed by atoms with van der Waals surface area (Å²) >= 11 is 1.53. The van der Waals surface area contributed by atoms with Gasteiger partial charge in [-0.25, -0.2) is 9.78 Å². The van der Waals surface area contributed by atoms with Gasteiger partial charge in [0.25, 0.3) is 0 Å². The number of thiazole rings is 1. The summed E-state index contributed by atoms with van der Waals surface area (Å²) in [7, 11) is -0.443. The first-order chi connectivity index (χ1) is 12.8. The third-order valence-electron chi connectivity index (χ3n) is 5.31. The lowest BCUT2D eigenvalue weighted by molar-refractivity contribution is -0.0433. The van der Waals surface area contributed by atoms with Crippen LogP contribution in [0.25, 0.3) is 0 Å². The summed E-state index contributed by atoms with van der Waals surface area (Å²) in [6.07, 6.45) is -0.596. The highest BCUT2D eigenvalue weighted by atomic mass is 32.1. The first-order valence-electron chi connectivity index (χ1n) is 9.71. The summed E-state index contributed by atoms with van der Waals surface area (Å²) in [5, 5.41) is 0.829. The molecule has 3 rings (SSSR count). The molecule has 2 fully saturated rings. The molecule has 0 spiro atoms. The van der Waals surface area contributed by atoms with Crippen LogP contribution in [0.3, 0.4) is 0 Å². The molecular weight excluding hydrogens is 379 g/mol. The average molecular weight is 410 g/mol. The van der Waals surface area contributed by atoms with E-state index in [0.29, 0.717) is 19.7 Å². The number of morpholine rings is 1. The topological polar surface area (TPSA) is 70.1 Å². The Morgan fingerprint density at radius 3 is 2.43 bits per heavy atom. The van der Waals surface area contributed by atoms with Crippen LogP contribution in [0.1, 0.15) is 65.3 Å². The molecule has 0 N–H and O–H groups in total. The zero-order valence-corrected chi connectivity index (χ0v) is 18.9. The molecule has 1 atom stereocenters. The highest BCUT2D eigenvalue weighted by Crippen LogP contribution is 2.37. The second-order valence-electron chi connectivity index (χ2n) is 9.38. The maximum atomic E-state index is 12.4. The number of hydrogen-bond acceptors (Lipinski definition) is 7. The number of aryl methyl sites for hydroxylation is 1. The third kappa shape index (κ3) is 4.37. The molecule has 0 aromatic carbocycles. The van der Waals surface area contributed by atoms with Gasteiger partial charge in [0.2, 0.25) is 0 Å². The summed E-state index contributed by atoms with van der Waals surface area (Å²) < 4.78 is 24.7. The first kappa shape index (κ1) is 21.6. The van der Waals surface area contributed by atoms with E-state index in [1.165, 1.54) is 11.3 Å². The Morgan fingerprint density at radius 1 is 1.25 bits per heavy atom. The fourth-order valence-electron chi connectivity index (χ4n) is 3.03. The average Bonchev–Trinajstić information content (AvgIpc) is 3.03. The van der Waals surface area contributed by atoms with Crippen molar-refractivity contribution in [2.75, 3.05) is 19.7 Å². The first-order valence-corrected chi connectivity index (χ1v) is 10.5. The van der Waals surface area contributed by atoms with Crippen LogP contribution in [0.15, 0.2) is 0 Å². The van der Waals surface area contributed by atoms with Gasteiger partial charge in [-0.2, -0.15) is 0 Å². The van der Waals surface area contributed by atoms with Crippen molar-refractivity contribution in [1.82, 2.24) is 9.88 Å². The van der Waals surface area contributed by atoms with E-state index in [4.69, 9.17) is 23.8 Å². The number of rotatable bonds is 2. The Labute approximate surface area is 171 Å². The largest absolute Gasteiger partial charge is 0.507 e. The van der Waals surface area contributed by atoms with Gasteiger partial charge in [0.1, 0.15) is 16.7 Å². The summed E-state index contributed by atoms with van der Waals surface area (Å²) in [5.41, 5.74) is -0.449. The molecular formula is C19H31BN2O5S. The quantitative estimate of drug-likeness (QED) is 0.698. The summed E-state index contributed by atoms with van der Waals surface area (Å²) in [6, 6.07) is 0. The zero-order valence-electron chi connectivity index (χ0n) is 18.1. The molecule has 0 aliphatic carbocycles. The van der Waals surface area contributed by atoms with Crippen molar-refractivity contribution in [3.8, 4) is 0 Å². The van der Waals surface area contributed by atoms with Crippen molar-refractivity contribution in [2.24, 2.45) is 0 Å². The molecule has 3 heterocycles.